The van der Waals surface area contributed by atoms with Gasteiger partial charge in [-0.25, -0.2) is 0 Å². The highest BCUT2D eigenvalue weighted by Crippen LogP contribution is 2.40. The predicted octanol–water partition coefficient (Wildman–Crippen LogP) is 4.31. The highest BCUT2D eigenvalue weighted by Gasteiger charge is 2.29. The monoisotopic (exact) mass is 291 g/mol. The van der Waals surface area contributed by atoms with Crippen molar-refractivity contribution >= 4 is 28.4 Å². The Morgan fingerprint density at radius 2 is 1.90 bits per heavy atom. The fraction of sp³-hybridized carbons (Fsp3) is 0.111. The number of benzene rings is 2. The molecular weight excluding hydrogens is 278 g/mol. The van der Waals surface area contributed by atoms with E-state index in [2.05, 4.69) is 17.1 Å². The first-order valence-electron chi connectivity index (χ1n) is 6.94. The minimum Gasteiger partial charge on any atom is -0.293 e. The van der Waals surface area contributed by atoms with Gasteiger partial charge in [-0.05, 0) is 23.8 Å². The summed E-state index contributed by atoms with van der Waals surface area (Å²) in [5.41, 5.74) is 2.78. The van der Waals surface area contributed by atoms with Gasteiger partial charge in [0.05, 0.1) is 11.4 Å². The third-order valence-corrected chi connectivity index (χ3v) is 5.07. The molecule has 0 amide bonds. The average Bonchev–Trinajstić information content (AvgIpc) is 2.98. The number of carbonyl (C=O) groups excluding carboxylic acids is 1. The second kappa shape index (κ2) is 5.01. The molecule has 1 aliphatic rings. The molecule has 0 radical (unpaired) electrons. The zero-order valence-corrected chi connectivity index (χ0v) is 12.1. The van der Waals surface area contributed by atoms with Gasteiger partial charge in [-0.3, -0.25) is 9.78 Å². The topological polar surface area (TPSA) is 30.0 Å². The lowest BCUT2D eigenvalue weighted by atomic mass is 9.93. The van der Waals surface area contributed by atoms with Gasteiger partial charge in [-0.2, -0.15) is 0 Å². The summed E-state index contributed by atoms with van der Waals surface area (Å²) < 4.78 is 0. The predicted molar refractivity (Wildman–Crippen MR) is 86.0 cm³/mol. The molecule has 2 aromatic carbocycles. The van der Waals surface area contributed by atoms with Crippen molar-refractivity contribution in [3.05, 3.63) is 71.9 Å². The number of Topliss-reactive ketones (excluding diaryl/α,β-unsaturated/α-hetero) is 1. The number of thioether (sulfide) groups is 1. The normalized spacial score (nSPS) is 16.9. The van der Waals surface area contributed by atoms with E-state index in [1.54, 1.807) is 18.0 Å². The Labute approximate surface area is 127 Å². The number of hydrogen-bond donors (Lipinski definition) is 0. The number of hydrogen-bond acceptors (Lipinski definition) is 3. The van der Waals surface area contributed by atoms with Crippen molar-refractivity contribution in [2.24, 2.45) is 0 Å². The van der Waals surface area contributed by atoms with Crippen LogP contribution in [-0.4, -0.2) is 16.5 Å². The van der Waals surface area contributed by atoms with Crippen molar-refractivity contribution in [3.63, 3.8) is 0 Å². The molecule has 0 spiro atoms. The lowest BCUT2D eigenvalue weighted by molar-refractivity contribution is 0.0968. The molecule has 102 valence electrons. The maximum absolute atomic E-state index is 12.8. The molecule has 3 heteroatoms. The highest BCUT2D eigenvalue weighted by atomic mass is 32.2. The van der Waals surface area contributed by atoms with Gasteiger partial charge in [0.2, 0.25) is 0 Å². The van der Waals surface area contributed by atoms with Crippen LogP contribution in [0, 0.1) is 0 Å². The summed E-state index contributed by atoms with van der Waals surface area (Å²) >= 11 is 1.76. The maximum Gasteiger partial charge on any atom is 0.172 e. The molecule has 0 N–H and O–H groups in total. The first kappa shape index (κ1) is 12.6. The van der Waals surface area contributed by atoms with Crippen LogP contribution in [0.25, 0.3) is 10.9 Å². The maximum atomic E-state index is 12.8. The van der Waals surface area contributed by atoms with Gasteiger partial charge < -0.3 is 0 Å². The molecule has 0 bridgehead atoms. The molecule has 21 heavy (non-hydrogen) atoms. The van der Waals surface area contributed by atoms with Crippen LogP contribution in [0.15, 0.2) is 65.7 Å². The molecule has 1 unspecified atom stereocenters. The number of aromatic nitrogens is 1. The van der Waals surface area contributed by atoms with Crippen LogP contribution in [0.3, 0.4) is 0 Å². The third-order valence-electron chi connectivity index (χ3n) is 3.89. The van der Waals surface area contributed by atoms with Crippen molar-refractivity contribution in [1.29, 1.82) is 0 Å². The minimum absolute atomic E-state index is 0.0471. The Morgan fingerprint density at radius 3 is 2.86 bits per heavy atom. The molecule has 4 rings (SSSR count). The summed E-state index contributed by atoms with van der Waals surface area (Å²) in [6.45, 7) is 0. The summed E-state index contributed by atoms with van der Waals surface area (Å²) in [4.78, 5) is 18.4. The van der Waals surface area contributed by atoms with Crippen molar-refractivity contribution in [3.8, 4) is 0 Å². The van der Waals surface area contributed by atoms with Gasteiger partial charge in [0.1, 0.15) is 0 Å². The number of nitrogens with zero attached hydrogens (tertiary/aromatic N) is 1. The Hall–Kier alpha value is -2.13. The van der Waals surface area contributed by atoms with Crippen molar-refractivity contribution < 1.29 is 4.79 Å². The van der Waals surface area contributed by atoms with Crippen LogP contribution in [0.5, 0.6) is 0 Å². The van der Waals surface area contributed by atoms with E-state index in [4.69, 9.17) is 0 Å². The zero-order chi connectivity index (χ0) is 14.2. The Bertz CT molecular complexity index is 843. The largest absolute Gasteiger partial charge is 0.293 e. The average molecular weight is 291 g/mol. The standard InChI is InChI=1S/C18H13NOS/c20-18(15-11-21-17-8-4-2-6-14(15)17)13-9-12-5-1-3-7-16(12)19-10-13/h1-10,15H,11H2. The molecule has 1 aromatic heterocycles. The van der Waals surface area contributed by atoms with E-state index in [-0.39, 0.29) is 11.7 Å². The molecule has 1 aliphatic heterocycles. The number of pyridine rings is 1. The van der Waals surface area contributed by atoms with Gasteiger partial charge >= 0.3 is 0 Å². The van der Waals surface area contributed by atoms with Crippen molar-refractivity contribution in [2.75, 3.05) is 5.75 Å². The van der Waals surface area contributed by atoms with Gasteiger partial charge in [-0.1, -0.05) is 36.4 Å². The van der Waals surface area contributed by atoms with Gasteiger partial charge in [0.15, 0.2) is 5.78 Å². The molecule has 3 aromatic rings. The second-order valence-electron chi connectivity index (χ2n) is 5.18. The Morgan fingerprint density at radius 1 is 1.10 bits per heavy atom. The summed E-state index contributed by atoms with van der Waals surface area (Å²) in [6.07, 6.45) is 1.70. The molecule has 2 heterocycles. The molecule has 0 saturated heterocycles. The number of para-hydroxylation sites is 1. The first-order valence-corrected chi connectivity index (χ1v) is 7.92. The van der Waals surface area contributed by atoms with E-state index in [1.807, 2.05) is 42.5 Å². The van der Waals surface area contributed by atoms with Gasteiger partial charge in [0.25, 0.3) is 0 Å². The molecular formula is C18H13NOS. The molecule has 0 aliphatic carbocycles. The lowest BCUT2D eigenvalue weighted by Gasteiger charge is -2.10. The summed E-state index contributed by atoms with van der Waals surface area (Å²) in [5.74, 6) is 0.949. The third kappa shape index (κ3) is 2.14. The fourth-order valence-corrected chi connectivity index (χ4v) is 4.02. The second-order valence-corrected chi connectivity index (χ2v) is 6.24. The van der Waals surface area contributed by atoms with Crippen molar-refractivity contribution in [2.45, 2.75) is 10.8 Å². The fourth-order valence-electron chi connectivity index (χ4n) is 2.79. The quantitative estimate of drug-likeness (QED) is 0.659. The van der Waals surface area contributed by atoms with Crippen LogP contribution in [0.1, 0.15) is 21.8 Å². The van der Waals surface area contributed by atoms with Gasteiger partial charge in [-0.15, -0.1) is 11.8 Å². The number of rotatable bonds is 2. The van der Waals surface area contributed by atoms with Crippen LogP contribution in [0.2, 0.25) is 0 Å². The Balaban J connectivity index is 1.74. The summed E-state index contributed by atoms with van der Waals surface area (Å²) in [5, 5.41) is 1.02. The number of fused-ring (bicyclic) bond motifs is 2. The zero-order valence-electron chi connectivity index (χ0n) is 11.3. The van der Waals surface area contributed by atoms with Crippen LogP contribution >= 0.6 is 11.8 Å². The minimum atomic E-state index is -0.0471. The smallest absolute Gasteiger partial charge is 0.172 e. The van der Waals surface area contributed by atoms with Crippen LogP contribution in [-0.2, 0) is 0 Å². The SMILES string of the molecule is O=C(c1cnc2ccccc2c1)C1CSc2ccccc21. The molecule has 0 saturated carbocycles. The number of ketones is 1. The summed E-state index contributed by atoms with van der Waals surface area (Å²) in [7, 11) is 0. The molecule has 1 atom stereocenters. The van der Waals surface area contributed by atoms with E-state index < -0.39 is 0 Å². The first-order chi connectivity index (χ1) is 10.3. The lowest BCUT2D eigenvalue weighted by Crippen LogP contribution is -2.12. The van der Waals surface area contributed by atoms with Gasteiger partial charge in [0, 0.05) is 27.8 Å². The van der Waals surface area contributed by atoms with E-state index in [9.17, 15) is 4.79 Å². The Kier molecular flexibility index (Phi) is 3.00. The molecule has 2 nitrogen and oxygen atoms in total. The molecule has 0 fully saturated rings. The van der Waals surface area contributed by atoms with E-state index in [0.717, 1.165) is 22.2 Å². The van der Waals surface area contributed by atoms with Crippen molar-refractivity contribution in [1.82, 2.24) is 4.98 Å². The highest BCUT2D eigenvalue weighted by molar-refractivity contribution is 7.99. The van der Waals surface area contributed by atoms with E-state index >= 15 is 0 Å². The number of carbonyl (C=O) groups is 1. The van der Waals surface area contributed by atoms with Crippen LogP contribution < -0.4 is 0 Å². The van der Waals surface area contributed by atoms with E-state index in [0.29, 0.717) is 5.56 Å². The summed E-state index contributed by atoms with van der Waals surface area (Å²) in [6, 6.07) is 18.0. The van der Waals surface area contributed by atoms with E-state index in [1.165, 1.54) is 4.90 Å². The van der Waals surface area contributed by atoms with Crippen LogP contribution in [0.4, 0.5) is 0 Å².